The monoisotopic (exact) mass is 276 g/mol. The van der Waals surface area contributed by atoms with Gasteiger partial charge in [0.1, 0.15) is 10.1 Å². The first-order valence-corrected chi connectivity index (χ1v) is 6.58. The molecule has 19 heavy (non-hydrogen) atoms. The third kappa shape index (κ3) is 3.54. The fourth-order valence-corrected chi connectivity index (χ4v) is 1.97. The van der Waals surface area contributed by atoms with E-state index in [2.05, 4.69) is 20.4 Å². The fourth-order valence-electron chi connectivity index (χ4n) is 1.32. The van der Waals surface area contributed by atoms with Crippen molar-refractivity contribution in [3.05, 3.63) is 24.3 Å². The van der Waals surface area contributed by atoms with Crippen LogP contribution in [0.4, 0.5) is 11.6 Å². The van der Waals surface area contributed by atoms with Gasteiger partial charge in [-0.3, -0.25) is 0 Å². The summed E-state index contributed by atoms with van der Waals surface area (Å²) in [6.07, 6.45) is 0. The fraction of sp³-hybridized carbons (Fsp3) is 0.333. The Morgan fingerprint density at radius 1 is 0.684 bits per heavy atom. The van der Waals surface area contributed by atoms with Gasteiger partial charge in [-0.05, 0) is 36.0 Å². The maximum absolute atomic E-state index is 4.15. The topological polar surface area (TPSA) is 58.0 Å². The highest BCUT2D eigenvalue weighted by atomic mass is 32.2. The van der Waals surface area contributed by atoms with E-state index in [0.29, 0.717) is 0 Å². The molecular formula is C12H16N6S. The largest absolute Gasteiger partial charge is 0.361 e. The lowest BCUT2D eigenvalue weighted by atomic mass is 10.5. The van der Waals surface area contributed by atoms with Gasteiger partial charge in [0.25, 0.3) is 0 Å². The Morgan fingerprint density at radius 2 is 1.11 bits per heavy atom. The van der Waals surface area contributed by atoms with Crippen LogP contribution in [0.15, 0.2) is 34.3 Å². The van der Waals surface area contributed by atoms with Gasteiger partial charge in [-0.25, -0.2) is 0 Å². The minimum atomic E-state index is 0.803. The van der Waals surface area contributed by atoms with Gasteiger partial charge in [0, 0.05) is 28.2 Å². The molecule has 0 fully saturated rings. The van der Waals surface area contributed by atoms with Crippen LogP contribution in [0.5, 0.6) is 0 Å². The lowest BCUT2D eigenvalue weighted by Gasteiger charge is -2.10. The number of hydrogen-bond acceptors (Lipinski definition) is 7. The summed E-state index contributed by atoms with van der Waals surface area (Å²) in [6, 6.07) is 7.71. The van der Waals surface area contributed by atoms with E-state index in [4.69, 9.17) is 0 Å². The van der Waals surface area contributed by atoms with E-state index < -0.39 is 0 Å². The summed E-state index contributed by atoms with van der Waals surface area (Å²) in [4.78, 5) is 3.82. The van der Waals surface area contributed by atoms with E-state index in [1.165, 1.54) is 11.8 Å². The van der Waals surface area contributed by atoms with E-state index in [-0.39, 0.29) is 0 Å². The maximum atomic E-state index is 4.15. The molecule has 6 nitrogen and oxygen atoms in total. The molecule has 0 amide bonds. The predicted molar refractivity (Wildman–Crippen MR) is 76.8 cm³/mol. The summed E-state index contributed by atoms with van der Waals surface area (Å²) >= 11 is 1.44. The highest BCUT2D eigenvalue weighted by Gasteiger charge is 2.04. The average Bonchev–Trinajstić information content (AvgIpc) is 2.40. The third-order valence-corrected chi connectivity index (χ3v) is 3.23. The summed E-state index contributed by atoms with van der Waals surface area (Å²) < 4.78 is 0. The zero-order valence-corrected chi connectivity index (χ0v) is 12.2. The predicted octanol–water partition coefficient (Wildman–Crippen LogP) is 1.55. The molecule has 2 aromatic rings. The minimum absolute atomic E-state index is 0.803. The Kier molecular flexibility index (Phi) is 4.16. The second-order valence-electron chi connectivity index (χ2n) is 4.35. The Morgan fingerprint density at radius 3 is 1.37 bits per heavy atom. The number of hydrogen-bond donors (Lipinski definition) is 0. The van der Waals surface area contributed by atoms with Crippen molar-refractivity contribution in [3.8, 4) is 0 Å². The van der Waals surface area contributed by atoms with Crippen LogP contribution in [0, 0.1) is 0 Å². The van der Waals surface area contributed by atoms with Gasteiger partial charge < -0.3 is 9.80 Å². The summed E-state index contributed by atoms with van der Waals surface area (Å²) in [5.41, 5.74) is 0. The molecule has 0 unspecified atom stereocenters. The molecular weight excluding hydrogens is 260 g/mol. The molecule has 2 aromatic heterocycles. The summed E-state index contributed by atoms with van der Waals surface area (Å²) in [6.45, 7) is 0. The van der Waals surface area contributed by atoms with Crippen LogP contribution in [0.3, 0.4) is 0 Å². The van der Waals surface area contributed by atoms with Gasteiger partial charge in [0.15, 0.2) is 11.6 Å². The molecule has 0 aromatic carbocycles. The number of rotatable bonds is 4. The number of nitrogens with zero attached hydrogens (tertiary/aromatic N) is 6. The average molecular weight is 276 g/mol. The number of aromatic nitrogens is 4. The molecule has 100 valence electrons. The van der Waals surface area contributed by atoms with Crippen molar-refractivity contribution >= 4 is 23.4 Å². The Hall–Kier alpha value is -1.89. The molecule has 0 aliphatic rings. The van der Waals surface area contributed by atoms with Gasteiger partial charge in [0.2, 0.25) is 0 Å². The van der Waals surface area contributed by atoms with Gasteiger partial charge in [0.05, 0.1) is 0 Å². The van der Waals surface area contributed by atoms with Crippen molar-refractivity contribution in [1.82, 2.24) is 20.4 Å². The molecule has 2 heterocycles. The van der Waals surface area contributed by atoms with Gasteiger partial charge in [-0.2, -0.15) is 0 Å². The van der Waals surface area contributed by atoms with Crippen LogP contribution >= 0.6 is 11.8 Å². The smallest absolute Gasteiger partial charge is 0.150 e. The first-order valence-electron chi connectivity index (χ1n) is 5.76. The second kappa shape index (κ2) is 5.83. The molecule has 0 bridgehead atoms. The summed E-state index contributed by atoms with van der Waals surface area (Å²) in [5, 5.41) is 18.1. The van der Waals surface area contributed by atoms with E-state index in [1.807, 2.05) is 62.3 Å². The SMILES string of the molecule is CN(C)c1ccc(Sc2ccc(N(C)C)nn2)nn1. The van der Waals surface area contributed by atoms with Crippen LogP contribution in [-0.2, 0) is 0 Å². The van der Waals surface area contributed by atoms with Crippen molar-refractivity contribution in [2.45, 2.75) is 10.1 Å². The van der Waals surface area contributed by atoms with Gasteiger partial charge in [-0.1, -0.05) is 0 Å². The van der Waals surface area contributed by atoms with E-state index >= 15 is 0 Å². The normalized spacial score (nSPS) is 10.3. The standard InChI is InChI=1S/C12H16N6S/c1-17(2)9-5-7-11(15-13-9)19-12-8-6-10(14-16-12)18(3)4/h5-8H,1-4H3. The quantitative estimate of drug-likeness (QED) is 0.839. The van der Waals surface area contributed by atoms with Crippen LogP contribution in [-0.4, -0.2) is 48.6 Å². The molecule has 0 aliphatic carbocycles. The molecule has 7 heteroatoms. The Labute approximate surface area is 116 Å². The van der Waals surface area contributed by atoms with Gasteiger partial charge in [-0.15, -0.1) is 20.4 Å². The minimum Gasteiger partial charge on any atom is -0.361 e. The van der Waals surface area contributed by atoms with Crippen molar-refractivity contribution in [1.29, 1.82) is 0 Å². The van der Waals surface area contributed by atoms with Crippen LogP contribution < -0.4 is 9.80 Å². The first kappa shape index (κ1) is 13.5. The molecule has 0 saturated carbocycles. The van der Waals surface area contributed by atoms with E-state index in [0.717, 1.165) is 21.7 Å². The highest BCUT2D eigenvalue weighted by Crippen LogP contribution is 2.24. The van der Waals surface area contributed by atoms with Crippen LogP contribution in [0.1, 0.15) is 0 Å². The molecule has 0 saturated heterocycles. The first-order chi connectivity index (χ1) is 9.06. The third-order valence-electron chi connectivity index (χ3n) is 2.38. The molecule has 0 spiro atoms. The van der Waals surface area contributed by atoms with Crippen molar-refractivity contribution in [3.63, 3.8) is 0 Å². The summed E-state index contributed by atoms with van der Waals surface area (Å²) in [5.74, 6) is 1.66. The zero-order chi connectivity index (χ0) is 13.8. The van der Waals surface area contributed by atoms with Crippen molar-refractivity contribution < 1.29 is 0 Å². The molecule has 0 N–H and O–H groups in total. The molecule has 0 atom stereocenters. The summed E-state index contributed by atoms with van der Waals surface area (Å²) in [7, 11) is 7.73. The molecule has 0 aliphatic heterocycles. The van der Waals surface area contributed by atoms with E-state index in [9.17, 15) is 0 Å². The lowest BCUT2D eigenvalue weighted by Crippen LogP contribution is -2.11. The zero-order valence-electron chi connectivity index (χ0n) is 11.4. The lowest BCUT2D eigenvalue weighted by molar-refractivity contribution is 0.878. The van der Waals surface area contributed by atoms with Crippen molar-refractivity contribution in [2.75, 3.05) is 38.0 Å². The Bertz CT molecular complexity index is 473. The van der Waals surface area contributed by atoms with E-state index in [1.54, 1.807) is 0 Å². The van der Waals surface area contributed by atoms with Crippen LogP contribution in [0.2, 0.25) is 0 Å². The Balaban J connectivity index is 2.08. The highest BCUT2D eigenvalue weighted by molar-refractivity contribution is 7.99. The maximum Gasteiger partial charge on any atom is 0.150 e. The van der Waals surface area contributed by atoms with Crippen LogP contribution in [0.25, 0.3) is 0 Å². The number of anilines is 2. The van der Waals surface area contributed by atoms with Crippen molar-refractivity contribution in [2.24, 2.45) is 0 Å². The molecule has 2 rings (SSSR count). The van der Waals surface area contributed by atoms with Gasteiger partial charge >= 0.3 is 0 Å². The second-order valence-corrected chi connectivity index (χ2v) is 5.39. The molecule has 0 radical (unpaired) electrons.